The summed E-state index contributed by atoms with van der Waals surface area (Å²) in [6, 6.07) is 10.6. The molecular formula is C14H23NS. The lowest BCUT2D eigenvalue weighted by atomic mass is 10.1. The Kier molecular flexibility index (Phi) is 4.45. The van der Waals surface area contributed by atoms with Gasteiger partial charge in [-0.3, -0.25) is 0 Å². The first kappa shape index (κ1) is 13.6. The highest BCUT2D eigenvalue weighted by Crippen LogP contribution is 2.31. The largest absolute Gasteiger partial charge is 0.311 e. The van der Waals surface area contributed by atoms with Crippen LogP contribution in [0.15, 0.2) is 35.2 Å². The molecule has 0 aliphatic heterocycles. The first-order chi connectivity index (χ1) is 7.29. The molecule has 0 amide bonds. The maximum Gasteiger partial charge on any atom is 0.0275 e. The van der Waals surface area contributed by atoms with Gasteiger partial charge in [-0.2, -0.15) is 0 Å². The van der Waals surface area contributed by atoms with Gasteiger partial charge >= 0.3 is 0 Å². The van der Waals surface area contributed by atoms with Crippen molar-refractivity contribution >= 4 is 11.8 Å². The van der Waals surface area contributed by atoms with Crippen LogP contribution in [-0.2, 0) is 0 Å². The molecule has 1 N–H and O–H groups in total. The third-order valence-corrected chi connectivity index (χ3v) is 3.39. The highest BCUT2D eigenvalue weighted by Gasteiger charge is 2.21. The third-order valence-electron chi connectivity index (χ3n) is 2.18. The van der Waals surface area contributed by atoms with Crippen molar-refractivity contribution in [2.75, 3.05) is 6.54 Å². The number of nitrogens with one attached hydrogen (secondary N) is 1. The van der Waals surface area contributed by atoms with E-state index < -0.39 is 0 Å². The molecule has 0 heterocycles. The van der Waals surface area contributed by atoms with Crippen LogP contribution in [0.2, 0.25) is 0 Å². The normalized spacial score (nSPS) is 12.8. The molecule has 0 spiro atoms. The van der Waals surface area contributed by atoms with Gasteiger partial charge in [-0.05, 0) is 46.8 Å². The lowest BCUT2D eigenvalue weighted by molar-refractivity contribution is 0.406. The molecule has 1 aromatic carbocycles. The van der Waals surface area contributed by atoms with Gasteiger partial charge in [0.1, 0.15) is 0 Å². The van der Waals surface area contributed by atoms with Crippen molar-refractivity contribution in [3.8, 4) is 0 Å². The summed E-state index contributed by atoms with van der Waals surface area (Å²) in [5.41, 5.74) is 0.189. The third kappa shape index (κ3) is 5.57. The Morgan fingerprint density at radius 2 is 1.56 bits per heavy atom. The zero-order valence-corrected chi connectivity index (χ0v) is 11.8. The fraction of sp³-hybridized carbons (Fsp3) is 0.571. The Hall–Kier alpha value is -0.470. The fourth-order valence-corrected chi connectivity index (χ4v) is 2.40. The second-order valence-corrected chi connectivity index (χ2v) is 7.56. The molecule has 0 aromatic heterocycles. The predicted octanol–water partition coefficient (Wildman–Crippen LogP) is 3.95. The highest BCUT2D eigenvalue weighted by atomic mass is 32.2. The zero-order valence-electron chi connectivity index (χ0n) is 11.0. The monoisotopic (exact) mass is 237 g/mol. The molecule has 0 saturated carbocycles. The number of benzene rings is 1. The van der Waals surface area contributed by atoms with Gasteiger partial charge in [0.2, 0.25) is 0 Å². The number of hydrogen-bond acceptors (Lipinski definition) is 2. The summed E-state index contributed by atoms with van der Waals surface area (Å²) in [5.74, 6) is 0. The molecule has 0 aliphatic carbocycles. The summed E-state index contributed by atoms with van der Waals surface area (Å²) < 4.78 is 0.217. The molecule has 0 fully saturated rings. The molecule has 1 nitrogen and oxygen atoms in total. The van der Waals surface area contributed by atoms with Gasteiger partial charge in [0.05, 0.1) is 0 Å². The summed E-state index contributed by atoms with van der Waals surface area (Å²) >= 11 is 1.92. The van der Waals surface area contributed by atoms with E-state index in [1.807, 2.05) is 11.8 Å². The first-order valence-corrected chi connectivity index (χ1v) is 6.59. The van der Waals surface area contributed by atoms with Crippen LogP contribution in [0.1, 0.15) is 34.6 Å². The van der Waals surface area contributed by atoms with Crippen molar-refractivity contribution in [3.05, 3.63) is 30.3 Å². The minimum atomic E-state index is 0.189. The van der Waals surface area contributed by atoms with E-state index in [-0.39, 0.29) is 10.3 Å². The molecule has 0 atom stereocenters. The Bertz CT molecular complexity index is 311. The Morgan fingerprint density at radius 1 is 1.00 bits per heavy atom. The van der Waals surface area contributed by atoms with E-state index in [1.165, 1.54) is 4.90 Å². The molecular weight excluding hydrogens is 214 g/mol. The van der Waals surface area contributed by atoms with E-state index >= 15 is 0 Å². The van der Waals surface area contributed by atoms with Gasteiger partial charge in [0.15, 0.2) is 0 Å². The molecule has 2 heteroatoms. The van der Waals surface area contributed by atoms with Crippen LogP contribution >= 0.6 is 11.8 Å². The van der Waals surface area contributed by atoms with Crippen LogP contribution < -0.4 is 5.32 Å². The average Bonchev–Trinajstić information content (AvgIpc) is 2.15. The van der Waals surface area contributed by atoms with Gasteiger partial charge in [0, 0.05) is 21.7 Å². The Morgan fingerprint density at radius 3 is 2.06 bits per heavy atom. The summed E-state index contributed by atoms with van der Waals surface area (Å²) in [6.07, 6.45) is 0. The molecule has 90 valence electrons. The minimum Gasteiger partial charge on any atom is -0.311 e. The van der Waals surface area contributed by atoms with E-state index in [1.54, 1.807) is 0 Å². The van der Waals surface area contributed by atoms with Crippen molar-refractivity contribution in [1.29, 1.82) is 0 Å². The quantitative estimate of drug-likeness (QED) is 0.796. The van der Waals surface area contributed by atoms with E-state index in [0.717, 1.165) is 6.54 Å². The summed E-state index contributed by atoms with van der Waals surface area (Å²) in [4.78, 5) is 1.34. The zero-order chi connectivity index (χ0) is 12.2. The second kappa shape index (κ2) is 5.24. The lowest BCUT2D eigenvalue weighted by Crippen LogP contribution is -2.43. The average molecular weight is 237 g/mol. The van der Waals surface area contributed by atoms with Crippen LogP contribution in [0.3, 0.4) is 0 Å². The molecule has 0 radical (unpaired) electrons. The topological polar surface area (TPSA) is 12.0 Å². The Labute approximate surface area is 104 Å². The summed E-state index contributed by atoms with van der Waals surface area (Å²) in [6.45, 7) is 12.2. The van der Waals surface area contributed by atoms with E-state index in [2.05, 4.69) is 70.3 Å². The first-order valence-electron chi connectivity index (χ1n) is 5.78. The summed E-state index contributed by atoms with van der Waals surface area (Å²) in [5, 5.41) is 3.56. The van der Waals surface area contributed by atoms with Crippen LogP contribution in [0, 0.1) is 0 Å². The van der Waals surface area contributed by atoms with Crippen molar-refractivity contribution in [3.63, 3.8) is 0 Å². The molecule has 0 unspecified atom stereocenters. The molecule has 1 rings (SSSR count). The van der Waals surface area contributed by atoms with Crippen molar-refractivity contribution in [2.24, 2.45) is 0 Å². The van der Waals surface area contributed by atoms with Crippen molar-refractivity contribution in [1.82, 2.24) is 5.32 Å². The predicted molar refractivity (Wildman–Crippen MR) is 74.1 cm³/mol. The van der Waals surface area contributed by atoms with E-state index in [9.17, 15) is 0 Å². The van der Waals surface area contributed by atoms with E-state index in [0.29, 0.717) is 0 Å². The van der Waals surface area contributed by atoms with Crippen LogP contribution in [-0.4, -0.2) is 16.8 Å². The fourth-order valence-electron chi connectivity index (χ4n) is 1.32. The van der Waals surface area contributed by atoms with Gasteiger partial charge in [-0.15, -0.1) is 11.8 Å². The minimum absolute atomic E-state index is 0.189. The van der Waals surface area contributed by atoms with Crippen molar-refractivity contribution in [2.45, 2.75) is 49.8 Å². The van der Waals surface area contributed by atoms with Crippen molar-refractivity contribution < 1.29 is 0 Å². The van der Waals surface area contributed by atoms with Crippen LogP contribution in [0.4, 0.5) is 0 Å². The molecule has 0 aliphatic rings. The molecule has 1 aromatic rings. The summed E-state index contributed by atoms with van der Waals surface area (Å²) in [7, 11) is 0. The molecule has 16 heavy (non-hydrogen) atoms. The second-order valence-electron chi connectivity index (χ2n) is 5.78. The van der Waals surface area contributed by atoms with Crippen LogP contribution in [0.5, 0.6) is 0 Å². The number of thioether (sulfide) groups is 1. The number of rotatable bonds is 4. The highest BCUT2D eigenvalue weighted by molar-refractivity contribution is 8.00. The maximum absolute atomic E-state index is 3.56. The van der Waals surface area contributed by atoms with E-state index in [4.69, 9.17) is 0 Å². The van der Waals surface area contributed by atoms with Crippen LogP contribution in [0.25, 0.3) is 0 Å². The molecule has 0 bridgehead atoms. The molecule has 0 saturated heterocycles. The maximum atomic E-state index is 3.56. The SMILES string of the molecule is CC(C)(C)NCC(C)(C)Sc1ccccc1. The standard InChI is InChI=1S/C14H23NS/c1-13(2,3)15-11-14(4,5)16-12-9-7-6-8-10-12/h6-10,15H,11H2,1-5H3. The lowest BCUT2D eigenvalue weighted by Gasteiger charge is -2.30. The Balaban J connectivity index is 2.52. The van der Waals surface area contributed by atoms with Gasteiger partial charge in [0.25, 0.3) is 0 Å². The van der Waals surface area contributed by atoms with Gasteiger partial charge < -0.3 is 5.32 Å². The smallest absolute Gasteiger partial charge is 0.0275 e. The number of hydrogen-bond donors (Lipinski definition) is 1. The van der Waals surface area contributed by atoms with Gasteiger partial charge in [-0.1, -0.05) is 18.2 Å². The van der Waals surface area contributed by atoms with Gasteiger partial charge in [-0.25, -0.2) is 0 Å².